The number of aromatic nitrogens is 2. The highest BCUT2D eigenvalue weighted by Gasteiger charge is 2.23. The van der Waals surface area contributed by atoms with E-state index in [1.807, 2.05) is 11.4 Å². The van der Waals surface area contributed by atoms with Crippen molar-refractivity contribution in [3.05, 3.63) is 34.8 Å². The van der Waals surface area contributed by atoms with Gasteiger partial charge in [0.1, 0.15) is 0 Å². The van der Waals surface area contributed by atoms with Crippen LogP contribution in [0.5, 0.6) is 0 Å². The van der Waals surface area contributed by atoms with E-state index in [9.17, 15) is 8.42 Å². The number of hydrogen-bond acceptors (Lipinski definition) is 6. The molecule has 3 rings (SSSR count). The Morgan fingerprint density at radius 3 is 3.00 bits per heavy atom. The Morgan fingerprint density at radius 1 is 1.43 bits per heavy atom. The lowest BCUT2D eigenvalue weighted by Crippen LogP contribution is -2.24. The topological polar surface area (TPSA) is 75.2 Å². The van der Waals surface area contributed by atoms with Crippen LogP contribution >= 0.6 is 11.5 Å². The molecule has 0 unspecified atom stereocenters. The van der Waals surface area contributed by atoms with Gasteiger partial charge in [0, 0.05) is 24.2 Å². The summed E-state index contributed by atoms with van der Waals surface area (Å²) in [6.07, 6.45) is 0.925. The van der Waals surface area contributed by atoms with Gasteiger partial charge >= 0.3 is 0 Å². The van der Waals surface area contributed by atoms with Gasteiger partial charge in [0.25, 0.3) is 0 Å². The first-order valence-corrected chi connectivity index (χ1v) is 9.05. The molecule has 8 heteroatoms. The summed E-state index contributed by atoms with van der Waals surface area (Å²) in [6.45, 7) is 3.69. The van der Waals surface area contributed by atoms with E-state index in [1.54, 1.807) is 19.1 Å². The number of sulfonamides is 1. The second kappa shape index (κ2) is 5.70. The molecule has 1 aromatic carbocycles. The first-order valence-electron chi connectivity index (χ1n) is 6.73. The zero-order chi connectivity index (χ0) is 14.9. The van der Waals surface area contributed by atoms with E-state index < -0.39 is 10.0 Å². The largest absolute Gasteiger partial charge is 0.365 e. The summed E-state index contributed by atoms with van der Waals surface area (Å²) < 4.78 is 30.6. The van der Waals surface area contributed by atoms with Crippen LogP contribution in [-0.4, -0.2) is 31.1 Å². The van der Waals surface area contributed by atoms with Gasteiger partial charge in [-0.15, -0.1) is 5.10 Å². The fraction of sp³-hybridized carbons (Fsp3) is 0.385. The van der Waals surface area contributed by atoms with E-state index >= 15 is 0 Å². The van der Waals surface area contributed by atoms with Gasteiger partial charge in [0.05, 0.1) is 17.1 Å². The lowest BCUT2D eigenvalue weighted by Gasteiger charge is -2.18. The van der Waals surface area contributed by atoms with Crippen molar-refractivity contribution in [1.29, 1.82) is 0 Å². The van der Waals surface area contributed by atoms with E-state index in [0.717, 1.165) is 24.3 Å². The Morgan fingerprint density at radius 2 is 2.29 bits per heavy atom. The molecule has 6 nitrogen and oxygen atoms in total. The molecule has 1 aliphatic rings. The average Bonchev–Trinajstić information content (AvgIpc) is 3.09. The van der Waals surface area contributed by atoms with Crippen LogP contribution in [0, 0.1) is 0 Å². The molecule has 2 heterocycles. The molecule has 0 spiro atoms. The molecule has 1 aromatic heterocycles. The first-order chi connectivity index (χ1) is 10.1. The van der Waals surface area contributed by atoms with Gasteiger partial charge in [0.15, 0.2) is 0 Å². The zero-order valence-corrected chi connectivity index (χ0v) is 13.2. The van der Waals surface area contributed by atoms with E-state index in [4.69, 9.17) is 0 Å². The van der Waals surface area contributed by atoms with Gasteiger partial charge in [-0.25, -0.2) is 13.1 Å². The van der Waals surface area contributed by atoms with E-state index in [2.05, 4.69) is 19.2 Å². The van der Waals surface area contributed by atoms with Gasteiger partial charge in [-0.2, -0.15) is 0 Å². The Balaban J connectivity index is 1.90. The molecule has 112 valence electrons. The van der Waals surface area contributed by atoms with Crippen LogP contribution < -0.4 is 9.62 Å². The lowest BCUT2D eigenvalue weighted by atomic mass is 10.2. The van der Waals surface area contributed by atoms with Crippen molar-refractivity contribution in [3.8, 4) is 0 Å². The number of benzene rings is 1. The van der Waals surface area contributed by atoms with Crippen LogP contribution in [-0.2, 0) is 23.0 Å². The fourth-order valence-electron chi connectivity index (χ4n) is 2.48. The normalized spacial score (nSPS) is 14.4. The highest BCUT2D eigenvalue weighted by Crippen LogP contribution is 2.31. The minimum absolute atomic E-state index is 0.311. The van der Waals surface area contributed by atoms with Crippen molar-refractivity contribution >= 4 is 27.2 Å². The van der Waals surface area contributed by atoms with Crippen molar-refractivity contribution in [3.63, 3.8) is 0 Å². The summed E-state index contributed by atoms with van der Waals surface area (Å²) in [5.74, 6) is 0. The Bertz CT molecular complexity index is 729. The molecular formula is C13H16N4O2S2. The zero-order valence-electron chi connectivity index (χ0n) is 11.6. The fourth-order valence-corrected chi connectivity index (χ4v) is 3.98. The molecular weight excluding hydrogens is 308 g/mol. The van der Waals surface area contributed by atoms with Crippen LogP contribution in [0.15, 0.2) is 28.5 Å². The molecule has 1 N–H and O–H groups in total. The molecule has 2 aromatic rings. The van der Waals surface area contributed by atoms with E-state index in [0.29, 0.717) is 18.0 Å². The Kier molecular flexibility index (Phi) is 3.92. The smallest absolute Gasteiger partial charge is 0.240 e. The molecule has 0 bridgehead atoms. The van der Waals surface area contributed by atoms with Gasteiger partial charge < -0.3 is 4.90 Å². The molecule has 0 fully saturated rings. The first kappa shape index (κ1) is 14.4. The molecule has 0 radical (unpaired) electrons. The SMILES string of the molecule is CCNS(=O)(=O)c1ccc2c(c1)N(Cc1csnn1)CC2. The highest BCUT2D eigenvalue weighted by molar-refractivity contribution is 7.89. The minimum atomic E-state index is -3.42. The second-order valence-corrected chi connectivity index (χ2v) is 7.24. The number of fused-ring (bicyclic) bond motifs is 1. The summed E-state index contributed by atoms with van der Waals surface area (Å²) in [5, 5.41) is 5.96. The van der Waals surface area contributed by atoms with Gasteiger partial charge in [-0.1, -0.05) is 17.5 Å². The average molecular weight is 324 g/mol. The maximum absolute atomic E-state index is 12.1. The number of nitrogens with one attached hydrogen (secondary N) is 1. The van der Waals surface area contributed by atoms with Gasteiger partial charge in [-0.3, -0.25) is 0 Å². The summed E-state index contributed by atoms with van der Waals surface area (Å²) in [5.41, 5.74) is 3.06. The van der Waals surface area contributed by atoms with E-state index in [-0.39, 0.29) is 0 Å². The van der Waals surface area contributed by atoms with Crippen molar-refractivity contribution in [1.82, 2.24) is 14.3 Å². The van der Waals surface area contributed by atoms with Gasteiger partial charge in [-0.05, 0) is 35.6 Å². The minimum Gasteiger partial charge on any atom is -0.365 e. The molecule has 0 amide bonds. The monoisotopic (exact) mass is 324 g/mol. The molecule has 0 saturated carbocycles. The number of rotatable bonds is 5. The van der Waals surface area contributed by atoms with Crippen LogP contribution in [0.3, 0.4) is 0 Å². The van der Waals surface area contributed by atoms with E-state index in [1.165, 1.54) is 17.1 Å². The highest BCUT2D eigenvalue weighted by atomic mass is 32.2. The summed E-state index contributed by atoms with van der Waals surface area (Å²) in [6, 6.07) is 5.32. The van der Waals surface area contributed by atoms with Crippen molar-refractivity contribution in [2.24, 2.45) is 0 Å². The molecule has 0 saturated heterocycles. The number of anilines is 1. The third-order valence-electron chi connectivity index (χ3n) is 3.45. The Hall–Kier alpha value is -1.51. The van der Waals surface area contributed by atoms with Crippen LogP contribution in [0.4, 0.5) is 5.69 Å². The number of hydrogen-bond donors (Lipinski definition) is 1. The third-order valence-corrected chi connectivity index (χ3v) is 5.55. The van der Waals surface area contributed by atoms with Crippen LogP contribution in [0.1, 0.15) is 18.2 Å². The van der Waals surface area contributed by atoms with Crippen molar-refractivity contribution in [2.75, 3.05) is 18.0 Å². The molecule has 0 atom stereocenters. The summed E-state index contributed by atoms with van der Waals surface area (Å²) >= 11 is 1.32. The molecule has 0 aliphatic carbocycles. The number of nitrogens with zero attached hydrogens (tertiary/aromatic N) is 3. The van der Waals surface area contributed by atoms with Crippen LogP contribution in [0.25, 0.3) is 0 Å². The maximum atomic E-state index is 12.1. The third kappa shape index (κ3) is 2.92. The quantitative estimate of drug-likeness (QED) is 0.900. The molecule has 1 aliphatic heterocycles. The van der Waals surface area contributed by atoms with Crippen LogP contribution in [0.2, 0.25) is 0 Å². The predicted molar refractivity (Wildman–Crippen MR) is 82.0 cm³/mol. The van der Waals surface area contributed by atoms with Crippen molar-refractivity contribution < 1.29 is 8.42 Å². The predicted octanol–water partition coefficient (Wildman–Crippen LogP) is 1.40. The summed E-state index contributed by atoms with van der Waals surface area (Å²) in [4.78, 5) is 2.46. The summed E-state index contributed by atoms with van der Waals surface area (Å²) in [7, 11) is -3.42. The maximum Gasteiger partial charge on any atom is 0.240 e. The molecule has 21 heavy (non-hydrogen) atoms. The standard InChI is InChI=1S/C13H16N4O2S2/c1-2-14-21(18,19)12-4-3-10-5-6-17(13(10)7-12)8-11-9-20-16-15-11/h3-4,7,9,14H,2,5-6,8H2,1H3. The Labute approximate surface area is 128 Å². The van der Waals surface area contributed by atoms with Gasteiger partial charge in [0.2, 0.25) is 10.0 Å². The lowest BCUT2D eigenvalue weighted by molar-refractivity contribution is 0.584. The van der Waals surface area contributed by atoms with Crippen molar-refractivity contribution in [2.45, 2.75) is 24.8 Å². The second-order valence-electron chi connectivity index (χ2n) is 4.86.